The van der Waals surface area contributed by atoms with Crippen LogP contribution >= 0.6 is 23.1 Å². The zero-order chi connectivity index (χ0) is 16.2. The van der Waals surface area contributed by atoms with Gasteiger partial charge in [0.15, 0.2) is 15.8 Å². The van der Waals surface area contributed by atoms with Crippen LogP contribution in [-0.4, -0.2) is 40.5 Å². The average Bonchev–Trinajstić information content (AvgIpc) is 2.98. The predicted octanol–water partition coefficient (Wildman–Crippen LogP) is 1.42. The van der Waals surface area contributed by atoms with Crippen molar-refractivity contribution in [1.29, 1.82) is 0 Å². The number of hydrogen-bond acceptors (Lipinski definition) is 8. The number of imide groups is 1. The fraction of sp³-hybridized carbons (Fsp3) is 0.286. The number of fused-ring (bicyclic) bond motifs is 1. The average molecular weight is 351 g/mol. The Labute approximate surface area is 140 Å². The number of amides is 2. The first kappa shape index (κ1) is 15.8. The summed E-state index contributed by atoms with van der Waals surface area (Å²) in [4.78, 5) is 23.9. The number of para-hydroxylation sites is 2. The highest BCUT2D eigenvalue weighted by Gasteiger charge is 2.28. The van der Waals surface area contributed by atoms with Gasteiger partial charge in [-0.05, 0) is 19.1 Å². The molecule has 1 aliphatic rings. The molecular formula is C14H13N3O4S2. The van der Waals surface area contributed by atoms with Crippen LogP contribution in [0.15, 0.2) is 28.6 Å². The molecule has 1 aliphatic heterocycles. The molecule has 1 aromatic heterocycles. The second-order valence-corrected chi connectivity index (χ2v) is 7.06. The van der Waals surface area contributed by atoms with Crippen LogP contribution in [0.4, 0.5) is 0 Å². The number of aryl methyl sites for hydroxylation is 1. The summed E-state index contributed by atoms with van der Waals surface area (Å²) in [6.45, 7) is 1.91. The minimum atomic E-state index is -0.845. The molecule has 2 aromatic rings. The van der Waals surface area contributed by atoms with E-state index in [1.165, 1.54) is 23.1 Å². The van der Waals surface area contributed by atoms with E-state index >= 15 is 0 Å². The number of thioether (sulfide) groups is 1. The van der Waals surface area contributed by atoms with Crippen molar-refractivity contribution < 1.29 is 19.1 Å². The fourth-order valence-electron chi connectivity index (χ4n) is 1.87. The van der Waals surface area contributed by atoms with Crippen molar-refractivity contribution in [1.82, 2.24) is 15.5 Å². The van der Waals surface area contributed by atoms with Gasteiger partial charge in [0.1, 0.15) is 11.6 Å². The van der Waals surface area contributed by atoms with Crippen molar-refractivity contribution in [2.24, 2.45) is 0 Å². The second-order valence-electron chi connectivity index (χ2n) is 4.65. The molecule has 2 heterocycles. The van der Waals surface area contributed by atoms with E-state index in [4.69, 9.17) is 9.47 Å². The molecule has 120 valence electrons. The summed E-state index contributed by atoms with van der Waals surface area (Å²) < 4.78 is 11.7. The number of hydrogen-bond donors (Lipinski definition) is 1. The first-order valence-corrected chi connectivity index (χ1v) is 8.57. The van der Waals surface area contributed by atoms with Crippen LogP contribution < -0.4 is 14.8 Å². The number of carbonyl (C=O) groups is 2. The highest BCUT2D eigenvalue weighted by atomic mass is 32.2. The minimum Gasteiger partial charge on any atom is -0.485 e. The van der Waals surface area contributed by atoms with Crippen molar-refractivity contribution >= 4 is 34.9 Å². The molecule has 9 heteroatoms. The predicted molar refractivity (Wildman–Crippen MR) is 84.9 cm³/mol. The molecule has 1 atom stereocenters. The van der Waals surface area contributed by atoms with E-state index < -0.39 is 17.9 Å². The summed E-state index contributed by atoms with van der Waals surface area (Å²) in [5, 5.41) is 10.9. The van der Waals surface area contributed by atoms with Gasteiger partial charge in [0.25, 0.3) is 5.91 Å². The highest BCUT2D eigenvalue weighted by molar-refractivity contribution is 8.01. The third kappa shape index (κ3) is 3.99. The lowest BCUT2D eigenvalue weighted by Gasteiger charge is -2.25. The van der Waals surface area contributed by atoms with E-state index in [9.17, 15) is 9.59 Å². The normalized spacial score (nSPS) is 16.0. The number of rotatable bonds is 4. The summed E-state index contributed by atoms with van der Waals surface area (Å²) in [7, 11) is 0. The molecule has 3 rings (SSSR count). The molecule has 7 nitrogen and oxygen atoms in total. The van der Waals surface area contributed by atoms with Crippen LogP contribution in [0.5, 0.6) is 11.5 Å². The van der Waals surface area contributed by atoms with Gasteiger partial charge in [0, 0.05) is 0 Å². The smallest absolute Gasteiger partial charge is 0.271 e. The maximum absolute atomic E-state index is 12.1. The molecule has 1 N–H and O–H groups in total. The summed E-state index contributed by atoms with van der Waals surface area (Å²) in [5.41, 5.74) is 0. The van der Waals surface area contributed by atoms with Gasteiger partial charge in [0.2, 0.25) is 12.0 Å². The lowest BCUT2D eigenvalue weighted by Crippen LogP contribution is -2.46. The van der Waals surface area contributed by atoms with Crippen molar-refractivity contribution in [3.05, 3.63) is 29.3 Å². The van der Waals surface area contributed by atoms with E-state index in [0.717, 1.165) is 5.01 Å². The second kappa shape index (κ2) is 6.97. The molecule has 0 unspecified atom stereocenters. The Hall–Kier alpha value is -2.13. The van der Waals surface area contributed by atoms with Gasteiger partial charge in [-0.1, -0.05) is 35.2 Å². The number of ether oxygens (including phenoxy) is 2. The molecule has 0 aliphatic carbocycles. The molecule has 0 fully saturated rings. The maximum atomic E-state index is 12.1. The molecule has 0 spiro atoms. The van der Waals surface area contributed by atoms with Crippen LogP contribution in [0.2, 0.25) is 0 Å². The Morgan fingerprint density at radius 2 is 2.13 bits per heavy atom. The third-order valence-corrected chi connectivity index (χ3v) is 4.87. The number of nitrogens with zero attached hydrogens (tertiary/aromatic N) is 2. The molecular weight excluding hydrogens is 338 g/mol. The van der Waals surface area contributed by atoms with Crippen LogP contribution in [-0.2, 0) is 9.59 Å². The van der Waals surface area contributed by atoms with Crippen LogP contribution in [0, 0.1) is 6.92 Å². The molecule has 0 bridgehead atoms. The van der Waals surface area contributed by atoms with E-state index in [1.54, 1.807) is 18.2 Å². The largest absolute Gasteiger partial charge is 0.485 e. The lowest BCUT2D eigenvalue weighted by atomic mass is 10.2. The van der Waals surface area contributed by atoms with E-state index in [2.05, 4.69) is 15.5 Å². The minimum absolute atomic E-state index is 0.0683. The highest BCUT2D eigenvalue weighted by Crippen LogP contribution is 2.30. The molecule has 0 saturated carbocycles. The quantitative estimate of drug-likeness (QED) is 0.833. The van der Waals surface area contributed by atoms with Gasteiger partial charge in [-0.3, -0.25) is 14.9 Å². The van der Waals surface area contributed by atoms with Crippen molar-refractivity contribution in [2.45, 2.75) is 17.4 Å². The molecule has 0 radical (unpaired) electrons. The van der Waals surface area contributed by atoms with Crippen LogP contribution in [0.3, 0.4) is 0 Å². The molecule has 1 aromatic carbocycles. The maximum Gasteiger partial charge on any atom is 0.271 e. The Morgan fingerprint density at radius 3 is 2.87 bits per heavy atom. The summed E-state index contributed by atoms with van der Waals surface area (Å²) >= 11 is 2.64. The monoisotopic (exact) mass is 351 g/mol. The third-order valence-electron chi connectivity index (χ3n) is 2.90. The van der Waals surface area contributed by atoms with Gasteiger partial charge in [-0.25, -0.2) is 0 Å². The number of aromatic nitrogens is 2. The lowest BCUT2D eigenvalue weighted by molar-refractivity contribution is -0.135. The standard InChI is InChI=1S/C14H13N3O4S2/c1-8-16-17-14(23-8)22-7-12(18)15-13(19)11-6-20-9-4-2-3-5-10(9)21-11/h2-5,11H,6-7H2,1H3,(H,15,18,19)/t11-/m1/s1. The van der Waals surface area contributed by atoms with Gasteiger partial charge in [-0.15, -0.1) is 10.2 Å². The summed E-state index contributed by atoms with van der Waals surface area (Å²) in [5.74, 6) is 0.244. The Morgan fingerprint density at radius 1 is 1.35 bits per heavy atom. The Balaban J connectivity index is 1.50. The number of benzene rings is 1. The van der Waals surface area contributed by atoms with Gasteiger partial charge in [0.05, 0.1) is 5.75 Å². The van der Waals surface area contributed by atoms with Crippen molar-refractivity contribution in [2.75, 3.05) is 12.4 Å². The summed E-state index contributed by atoms with van der Waals surface area (Å²) in [6, 6.07) is 7.08. The first-order valence-electron chi connectivity index (χ1n) is 6.77. The Kier molecular flexibility index (Phi) is 4.77. The Bertz CT molecular complexity index is 734. The zero-order valence-corrected chi connectivity index (χ0v) is 13.8. The fourth-order valence-corrected chi connectivity index (χ4v) is 3.48. The van der Waals surface area contributed by atoms with E-state index in [1.807, 2.05) is 13.0 Å². The number of carbonyl (C=O) groups excluding carboxylic acids is 2. The van der Waals surface area contributed by atoms with Gasteiger partial charge >= 0.3 is 0 Å². The van der Waals surface area contributed by atoms with Crippen molar-refractivity contribution in [3.63, 3.8) is 0 Å². The van der Waals surface area contributed by atoms with Gasteiger partial charge < -0.3 is 9.47 Å². The van der Waals surface area contributed by atoms with Crippen molar-refractivity contribution in [3.8, 4) is 11.5 Å². The molecule has 23 heavy (non-hydrogen) atoms. The SMILES string of the molecule is Cc1nnc(SCC(=O)NC(=O)[C@H]2COc3ccccc3O2)s1. The van der Waals surface area contributed by atoms with Crippen LogP contribution in [0.25, 0.3) is 0 Å². The molecule has 0 saturated heterocycles. The topological polar surface area (TPSA) is 90.4 Å². The van der Waals surface area contributed by atoms with E-state index in [0.29, 0.717) is 15.8 Å². The summed E-state index contributed by atoms with van der Waals surface area (Å²) in [6.07, 6.45) is -0.845. The van der Waals surface area contributed by atoms with E-state index in [-0.39, 0.29) is 12.4 Å². The number of nitrogens with one attached hydrogen (secondary N) is 1. The zero-order valence-electron chi connectivity index (χ0n) is 12.1. The van der Waals surface area contributed by atoms with Crippen LogP contribution in [0.1, 0.15) is 5.01 Å². The van der Waals surface area contributed by atoms with Gasteiger partial charge in [-0.2, -0.15) is 0 Å². The molecule has 2 amide bonds. The first-order chi connectivity index (χ1) is 11.1.